The Kier molecular flexibility index (Phi) is 3.33. The molecule has 0 fully saturated rings. The Hall–Kier alpha value is -1.96. The largest absolute Gasteiger partial charge is 0.486 e. The van der Waals surface area contributed by atoms with Crippen molar-refractivity contribution in [2.75, 3.05) is 5.73 Å². The quantitative estimate of drug-likeness (QED) is 0.811. The second-order valence-corrected chi connectivity index (χ2v) is 4.24. The number of hydrogen-bond acceptors (Lipinski definition) is 2. The van der Waals surface area contributed by atoms with E-state index in [2.05, 4.69) is 6.92 Å². The summed E-state index contributed by atoms with van der Waals surface area (Å²) in [5, 5.41) is 0. The minimum atomic E-state index is 0.0262. The van der Waals surface area contributed by atoms with Crippen LogP contribution in [0.5, 0.6) is 5.75 Å². The van der Waals surface area contributed by atoms with E-state index in [-0.39, 0.29) is 6.10 Å². The predicted molar refractivity (Wildman–Crippen MR) is 71.1 cm³/mol. The van der Waals surface area contributed by atoms with Gasteiger partial charge in [-0.3, -0.25) is 0 Å². The van der Waals surface area contributed by atoms with Crippen molar-refractivity contribution in [1.29, 1.82) is 0 Å². The first-order valence-corrected chi connectivity index (χ1v) is 5.74. The van der Waals surface area contributed by atoms with Gasteiger partial charge in [0.2, 0.25) is 0 Å². The topological polar surface area (TPSA) is 35.2 Å². The fraction of sp³-hybridized carbons (Fsp3) is 0.200. The number of aryl methyl sites for hydroxylation is 1. The lowest BCUT2D eigenvalue weighted by Gasteiger charge is -2.15. The van der Waals surface area contributed by atoms with Crippen molar-refractivity contribution in [2.45, 2.75) is 20.0 Å². The first-order chi connectivity index (χ1) is 8.15. The van der Waals surface area contributed by atoms with Gasteiger partial charge < -0.3 is 10.5 Å². The summed E-state index contributed by atoms with van der Waals surface area (Å²) in [6.45, 7) is 4.10. The second-order valence-electron chi connectivity index (χ2n) is 4.24. The molecule has 17 heavy (non-hydrogen) atoms. The van der Waals surface area contributed by atoms with Gasteiger partial charge in [0.15, 0.2) is 0 Å². The van der Waals surface area contributed by atoms with Gasteiger partial charge in [0.05, 0.1) is 0 Å². The van der Waals surface area contributed by atoms with E-state index in [1.807, 2.05) is 55.5 Å². The summed E-state index contributed by atoms with van der Waals surface area (Å²) >= 11 is 0. The minimum Gasteiger partial charge on any atom is -0.486 e. The van der Waals surface area contributed by atoms with E-state index in [1.54, 1.807) is 0 Å². The molecule has 2 aromatic carbocycles. The Bertz CT molecular complexity index is 473. The molecule has 88 valence electrons. The molecule has 0 spiro atoms. The predicted octanol–water partition coefficient (Wildman–Crippen LogP) is 3.72. The molecular weight excluding hydrogens is 210 g/mol. The third-order valence-corrected chi connectivity index (χ3v) is 2.74. The Morgan fingerprint density at radius 3 is 2.12 bits per heavy atom. The van der Waals surface area contributed by atoms with Gasteiger partial charge in [-0.05, 0) is 43.7 Å². The maximum Gasteiger partial charge on any atom is 0.121 e. The molecule has 0 amide bonds. The van der Waals surface area contributed by atoms with Gasteiger partial charge in [-0.1, -0.05) is 29.8 Å². The zero-order chi connectivity index (χ0) is 12.3. The molecule has 0 aliphatic heterocycles. The molecule has 2 aromatic rings. The van der Waals surface area contributed by atoms with E-state index in [9.17, 15) is 0 Å². The van der Waals surface area contributed by atoms with Gasteiger partial charge in [0.25, 0.3) is 0 Å². The fourth-order valence-electron chi connectivity index (χ4n) is 1.66. The third-order valence-electron chi connectivity index (χ3n) is 2.74. The van der Waals surface area contributed by atoms with E-state index in [0.29, 0.717) is 0 Å². The van der Waals surface area contributed by atoms with Crippen LogP contribution in [-0.4, -0.2) is 0 Å². The van der Waals surface area contributed by atoms with Gasteiger partial charge in [-0.15, -0.1) is 0 Å². The normalized spacial score (nSPS) is 12.1. The smallest absolute Gasteiger partial charge is 0.121 e. The van der Waals surface area contributed by atoms with Crippen LogP contribution in [0.2, 0.25) is 0 Å². The van der Waals surface area contributed by atoms with Gasteiger partial charge in [-0.25, -0.2) is 0 Å². The van der Waals surface area contributed by atoms with E-state index in [0.717, 1.165) is 17.0 Å². The van der Waals surface area contributed by atoms with Gasteiger partial charge in [-0.2, -0.15) is 0 Å². The number of anilines is 1. The second kappa shape index (κ2) is 4.91. The number of ether oxygens (including phenoxy) is 1. The summed E-state index contributed by atoms with van der Waals surface area (Å²) in [5.74, 6) is 0.889. The highest BCUT2D eigenvalue weighted by Gasteiger charge is 2.06. The molecular formula is C15H17NO. The van der Waals surface area contributed by atoms with Crippen molar-refractivity contribution in [3.8, 4) is 5.75 Å². The molecule has 1 atom stereocenters. The average molecular weight is 227 g/mol. The Balaban J connectivity index is 2.08. The Morgan fingerprint density at radius 1 is 0.941 bits per heavy atom. The number of rotatable bonds is 3. The van der Waals surface area contributed by atoms with Crippen LogP contribution in [0.1, 0.15) is 24.2 Å². The number of nitrogen functional groups attached to an aromatic ring is 1. The monoisotopic (exact) mass is 227 g/mol. The highest BCUT2D eigenvalue weighted by molar-refractivity contribution is 5.40. The minimum absolute atomic E-state index is 0.0262. The van der Waals surface area contributed by atoms with Crippen molar-refractivity contribution in [3.05, 3.63) is 59.7 Å². The molecule has 0 aliphatic carbocycles. The van der Waals surface area contributed by atoms with Crippen molar-refractivity contribution < 1.29 is 4.74 Å². The van der Waals surface area contributed by atoms with E-state index >= 15 is 0 Å². The van der Waals surface area contributed by atoms with Crippen LogP contribution in [0.25, 0.3) is 0 Å². The van der Waals surface area contributed by atoms with Crippen molar-refractivity contribution in [2.24, 2.45) is 0 Å². The molecule has 0 aliphatic rings. The molecule has 0 bridgehead atoms. The molecule has 1 unspecified atom stereocenters. The summed E-state index contributed by atoms with van der Waals surface area (Å²) in [4.78, 5) is 0. The number of hydrogen-bond donors (Lipinski definition) is 1. The van der Waals surface area contributed by atoms with Gasteiger partial charge >= 0.3 is 0 Å². The molecule has 0 saturated carbocycles. The molecule has 2 N–H and O–H groups in total. The molecule has 0 radical (unpaired) electrons. The zero-order valence-corrected chi connectivity index (χ0v) is 10.2. The van der Waals surface area contributed by atoms with Crippen LogP contribution in [0.3, 0.4) is 0 Å². The van der Waals surface area contributed by atoms with E-state index in [4.69, 9.17) is 10.5 Å². The van der Waals surface area contributed by atoms with Crippen LogP contribution in [0.4, 0.5) is 5.69 Å². The highest BCUT2D eigenvalue weighted by atomic mass is 16.5. The lowest BCUT2D eigenvalue weighted by Crippen LogP contribution is -2.03. The van der Waals surface area contributed by atoms with Crippen molar-refractivity contribution >= 4 is 5.69 Å². The van der Waals surface area contributed by atoms with Crippen LogP contribution < -0.4 is 10.5 Å². The fourth-order valence-corrected chi connectivity index (χ4v) is 1.66. The van der Waals surface area contributed by atoms with E-state index in [1.165, 1.54) is 5.56 Å². The summed E-state index contributed by atoms with van der Waals surface area (Å²) < 4.78 is 5.85. The average Bonchev–Trinajstić information content (AvgIpc) is 2.33. The van der Waals surface area contributed by atoms with Crippen LogP contribution in [-0.2, 0) is 0 Å². The summed E-state index contributed by atoms with van der Waals surface area (Å²) in [5.41, 5.74) is 8.79. The Morgan fingerprint density at radius 2 is 1.53 bits per heavy atom. The van der Waals surface area contributed by atoms with Crippen LogP contribution in [0, 0.1) is 6.92 Å². The van der Waals surface area contributed by atoms with Crippen LogP contribution in [0.15, 0.2) is 48.5 Å². The molecule has 0 aromatic heterocycles. The van der Waals surface area contributed by atoms with Gasteiger partial charge in [0, 0.05) is 5.69 Å². The van der Waals surface area contributed by atoms with Gasteiger partial charge in [0.1, 0.15) is 11.9 Å². The maximum atomic E-state index is 5.85. The molecule has 0 saturated heterocycles. The molecule has 2 heteroatoms. The van der Waals surface area contributed by atoms with E-state index < -0.39 is 0 Å². The standard InChI is InChI=1S/C15H17NO/c1-11-3-9-15(10-4-11)17-12(2)13-5-7-14(16)8-6-13/h3-10,12H,16H2,1-2H3. The summed E-state index contributed by atoms with van der Waals surface area (Å²) in [6.07, 6.45) is 0.0262. The maximum absolute atomic E-state index is 5.85. The first-order valence-electron chi connectivity index (χ1n) is 5.74. The lowest BCUT2D eigenvalue weighted by atomic mass is 10.1. The number of benzene rings is 2. The van der Waals surface area contributed by atoms with Crippen molar-refractivity contribution in [3.63, 3.8) is 0 Å². The molecule has 0 heterocycles. The van der Waals surface area contributed by atoms with Crippen LogP contribution >= 0.6 is 0 Å². The highest BCUT2D eigenvalue weighted by Crippen LogP contribution is 2.22. The Labute approximate surface area is 102 Å². The SMILES string of the molecule is Cc1ccc(OC(C)c2ccc(N)cc2)cc1. The lowest BCUT2D eigenvalue weighted by molar-refractivity contribution is 0.227. The zero-order valence-electron chi connectivity index (χ0n) is 10.2. The summed E-state index contributed by atoms with van der Waals surface area (Å²) in [6, 6.07) is 15.8. The molecule has 2 rings (SSSR count). The third kappa shape index (κ3) is 3.00. The summed E-state index contributed by atoms with van der Waals surface area (Å²) in [7, 11) is 0. The first kappa shape index (κ1) is 11.5. The number of nitrogens with two attached hydrogens (primary N) is 1. The van der Waals surface area contributed by atoms with Crippen molar-refractivity contribution in [1.82, 2.24) is 0 Å². The molecule has 2 nitrogen and oxygen atoms in total.